The van der Waals surface area contributed by atoms with Crippen molar-refractivity contribution in [2.45, 2.75) is 104 Å². The number of hydrogen-bond acceptors (Lipinski definition) is 2. The number of para-hydroxylation sites is 6. The molecule has 23 aromatic rings. The number of anilines is 6. The van der Waals surface area contributed by atoms with Gasteiger partial charge in [0.2, 0.25) is 0 Å². The predicted molar refractivity (Wildman–Crippen MR) is 632 cm³/mol. The number of aromatic nitrogens is 2. The first kappa shape index (κ1) is 91.7. The lowest BCUT2D eigenvalue weighted by molar-refractivity contribution is 0.518. The third kappa shape index (κ3) is 16.8. The summed E-state index contributed by atoms with van der Waals surface area (Å²) in [4.78, 5) is 5.01. The van der Waals surface area contributed by atoms with Crippen LogP contribution >= 0.6 is 0 Å². The molecule has 712 valence electrons. The zero-order valence-corrected chi connectivity index (χ0v) is 85.8. The number of hydrogen-bond donors (Lipinski definition) is 0. The van der Waals surface area contributed by atoms with Crippen molar-refractivity contribution in [1.29, 1.82) is 0 Å². The summed E-state index contributed by atoms with van der Waals surface area (Å²) in [6.07, 6.45) is 0.784. The Morgan fingerprint density at radius 2 is 0.514 bits per heavy atom. The zero-order chi connectivity index (χ0) is 100. The molecule has 0 spiro atoms. The quantitative estimate of drug-likeness (QED) is 0.0713. The Morgan fingerprint density at radius 3 is 1.00 bits per heavy atom. The number of rotatable bonds is 21. The average molecular weight is 1900 g/mol. The lowest BCUT2D eigenvalue weighted by Crippen LogP contribution is -2.22. The standard InChI is InChI=1S/C144H116N4/c1-141(2,3)109-83-107(84-110(91-109)142(4,5)6)119-52-32-40-101-43-35-55-125(138(101)119)122-50-26-30-58-133(122)148(117-75-65-99(66-76-117)98-63-61-97(62-64-98)95-36-16-12-17-37-95)131-56-28-24-48-118(131)105-72-81-137-128(88-105)126-82-94(60-79-135(126)147(137)114-46-22-15-23-47-114)93-144(10,11)112-86-108(85-111(92-112)143(7,8)9)120-53-33-41-102-42-34-54-124(139(102)120)121-49-25-29-57-132(121)145(116-77-69-103(70-78-116)140-129-89-106(90-130(129)140)96-38-18-13-19-39-96)115-73-67-100(68-74-115)104-71-80-136-127(87-104)123-51-27-31-59-134(123)146(136)113-44-20-14-21-45-113/h12-92H,93H2,1-11H3. The minimum atomic E-state index is -0.355. The summed E-state index contributed by atoms with van der Waals surface area (Å²) >= 11 is 0. The van der Waals surface area contributed by atoms with E-state index in [1.165, 1.54) is 165 Å². The van der Waals surface area contributed by atoms with Crippen LogP contribution in [0.5, 0.6) is 0 Å². The Kier molecular flexibility index (Phi) is 22.7. The van der Waals surface area contributed by atoms with E-state index in [9.17, 15) is 0 Å². The van der Waals surface area contributed by atoms with Crippen LogP contribution in [0.4, 0.5) is 34.1 Å². The fourth-order valence-corrected chi connectivity index (χ4v) is 23.1. The summed E-state index contributed by atoms with van der Waals surface area (Å²) < 4.78 is 4.87. The molecule has 4 nitrogen and oxygen atoms in total. The van der Waals surface area contributed by atoms with Crippen LogP contribution in [0, 0.1) is 0 Å². The molecule has 0 atom stereocenters. The van der Waals surface area contributed by atoms with Crippen LogP contribution < -0.4 is 9.80 Å². The van der Waals surface area contributed by atoms with Crippen molar-refractivity contribution < 1.29 is 0 Å². The van der Waals surface area contributed by atoms with Crippen molar-refractivity contribution in [2.24, 2.45) is 0 Å². The molecule has 148 heavy (non-hydrogen) atoms. The smallest absolute Gasteiger partial charge is 0.0541 e. The summed E-state index contributed by atoms with van der Waals surface area (Å²) in [5.41, 5.74) is 45.7. The van der Waals surface area contributed by atoms with Gasteiger partial charge in [0.25, 0.3) is 0 Å². The van der Waals surface area contributed by atoms with Crippen LogP contribution in [-0.4, -0.2) is 9.13 Å². The van der Waals surface area contributed by atoms with Gasteiger partial charge in [0.15, 0.2) is 0 Å². The van der Waals surface area contributed by atoms with E-state index in [0.29, 0.717) is 0 Å². The van der Waals surface area contributed by atoms with Crippen LogP contribution in [0.25, 0.3) is 199 Å². The Bertz CT molecular complexity index is 9200. The zero-order valence-electron chi connectivity index (χ0n) is 85.8. The van der Waals surface area contributed by atoms with E-state index in [-0.39, 0.29) is 21.7 Å². The Morgan fingerprint density at radius 1 is 0.189 bits per heavy atom. The van der Waals surface area contributed by atoms with Crippen LogP contribution in [0.1, 0.15) is 104 Å². The van der Waals surface area contributed by atoms with Gasteiger partial charge in [-0.3, -0.25) is 0 Å². The van der Waals surface area contributed by atoms with E-state index < -0.39 is 0 Å². The molecule has 0 bridgehead atoms. The Labute approximate surface area is 869 Å². The maximum atomic E-state index is 2.53. The van der Waals surface area contributed by atoms with E-state index in [2.05, 4.69) is 586 Å². The normalized spacial score (nSPS) is 12.2. The first-order valence-corrected chi connectivity index (χ1v) is 52.2. The molecule has 2 aliphatic carbocycles. The van der Waals surface area contributed by atoms with E-state index in [4.69, 9.17) is 0 Å². The fourth-order valence-electron chi connectivity index (χ4n) is 23.1. The second-order valence-corrected chi connectivity index (χ2v) is 44.1. The lowest BCUT2D eigenvalue weighted by atomic mass is 9.75. The average Bonchev–Trinajstić information content (AvgIpc) is 1.55. The van der Waals surface area contributed by atoms with Crippen molar-refractivity contribution in [3.8, 4) is 134 Å². The predicted octanol–water partition coefficient (Wildman–Crippen LogP) is 40.2. The van der Waals surface area contributed by atoms with Crippen molar-refractivity contribution in [1.82, 2.24) is 9.13 Å². The van der Waals surface area contributed by atoms with Gasteiger partial charge in [-0.2, -0.15) is 0 Å². The number of fused-ring (bicyclic) bond motifs is 9. The number of benzene rings is 22. The number of nitrogens with zero attached hydrogens (tertiary/aromatic N) is 4. The van der Waals surface area contributed by atoms with Gasteiger partial charge in [0, 0.05) is 66.7 Å². The van der Waals surface area contributed by atoms with Gasteiger partial charge < -0.3 is 18.9 Å². The molecule has 0 fully saturated rings. The maximum Gasteiger partial charge on any atom is 0.0541 e. The van der Waals surface area contributed by atoms with Crippen molar-refractivity contribution in [3.63, 3.8) is 0 Å². The molecule has 25 rings (SSSR count). The van der Waals surface area contributed by atoms with E-state index in [1.807, 2.05) is 0 Å². The molecule has 0 saturated heterocycles. The first-order chi connectivity index (χ1) is 72.0. The maximum absolute atomic E-state index is 2.53. The van der Waals surface area contributed by atoms with Gasteiger partial charge >= 0.3 is 0 Å². The summed E-state index contributed by atoms with van der Waals surface area (Å²) in [5.74, 6) is 0. The highest BCUT2D eigenvalue weighted by molar-refractivity contribution is 6.16. The Balaban J connectivity index is 0.591. The highest BCUT2D eigenvalue weighted by atomic mass is 15.2. The topological polar surface area (TPSA) is 16.3 Å². The molecule has 0 amide bonds. The van der Waals surface area contributed by atoms with Gasteiger partial charge in [0.05, 0.1) is 39.1 Å². The van der Waals surface area contributed by atoms with Crippen LogP contribution in [0.2, 0.25) is 0 Å². The van der Waals surface area contributed by atoms with Crippen LogP contribution in [0.15, 0.2) is 491 Å². The van der Waals surface area contributed by atoms with Crippen molar-refractivity contribution in [2.75, 3.05) is 9.80 Å². The summed E-state index contributed by atoms with van der Waals surface area (Å²) in [6, 6.07) is 185. The summed E-state index contributed by atoms with van der Waals surface area (Å²) in [6.45, 7) is 26.1. The minimum Gasteiger partial charge on any atom is -0.310 e. The first-order valence-electron chi connectivity index (χ1n) is 52.2. The molecule has 0 saturated carbocycles. The molecule has 2 heterocycles. The molecule has 2 aliphatic rings. The largest absolute Gasteiger partial charge is 0.310 e. The minimum absolute atomic E-state index is 0.0687. The molecule has 0 unspecified atom stereocenters. The molecular formula is C144H116N4. The lowest BCUT2D eigenvalue weighted by Gasteiger charge is -2.30. The van der Waals surface area contributed by atoms with Crippen molar-refractivity contribution in [3.05, 3.63) is 519 Å². The highest BCUT2D eigenvalue weighted by Crippen LogP contribution is 2.57. The molecule has 4 heteroatoms. The van der Waals surface area contributed by atoms with Gasteiger partial charge in [0.1, 0.15) is 0 Å². The van der Waals surface area contributed by atoms with E-state index >= 15 is 0 Å². The Hall–Kier alpha value is -17.4. The van der Waals surface area contributed by atoms with Gasteiger partial charge in [-0.25, -0.2) is 0 Å². The molecule has 0 aliphatic heterocycles. The van der Waals surface area contributed by atoms with E-state index in [0.717, 1.165) is 102 Å². The monoisotopic (exact) mass is 1900 g/mol. The molecular weight excluding hydrogens is 1790 g/mol. The second-order valence-electron chi connectivity index (χ2n) is 44.1. The summed E-state index contributed by atoms with van der Waals surface area (Å²) in [5, 5.41) is 9.68. The molecule has 21 aromatic carbocycles. The molecule has 2 aromatic heterocycles. The molecule has 0 radical (unpaired) electrons. The van der Waals surface area contributed by atoms with Crippen molar-refractivity contribution >= 4 is 99.3 Å². The second kappa shape index (κ2) is 36.7. The fraction of sp³-hybridized carbons (Fsp3) is 0.111. The molecule has 0 N–H and O–H groups in total. The highest BCUT2D eigenvalue weighted by Gasteiger charge is 2.33. The van der Waals surface area contributed by atoms with Gasteiger partial charge in [-0.1, -0.05) is 434 Å². The third-order valence-electron chi connectivity index (χ3n) is 31.0. The SMILES string of the molecule is CC(C)(C)c1cc(-c2cccc3cccc(-c4ccccc4N(c4ccc(-c5ccc(-c6ccccc6)cc5)cc4)c4ccccc4-c4ccc5c(c4)c4cc(CC(C)(C)c6cc(-c7cccc8cccc(-c9ccccc9N(c9ccc(-c%10ccc%11c(c%10)c%10ccccc%10n%11-c%10ccccc%10)cc9)c9ccc(-c%10c%11cc(-c%12ccccc%12)cc%10-%11)cc9)c78)cc(C(C)(C)C)c6)ccc4n5-c4ccccc4)c23)cc(C(C)(C)C)c1. The van der Waals surface area contributed by atoms with Gasteiger partial charge in [-0.05, 0) is 317 Å². The van der Waals surface area contributed by atoms with Crippen LogP contribution in [0.3, 0.4) is 0 Å². The van der Waals surface area contributed by atoms with Crippen LogP contribution in [-0.2, 0) is 28.1 Å². The van der Waals surface area contributed by atoms with Gasteiger partial charge in [-0.15, -0.1) is 0 Å². The third-order valence-corrected chi connectivity index (χ3v) is 31.0. The summed E-state index contributed by atoms with van der Waals surface area (Å²) in [7, 11) is 0. The van der Waals surface area contributed by atoms with E-state index in [1.54, 1.807) is 0 Å².